The van der Waals surface area contributed by atoms with Crippen molar-refractivity contribution in [2.45, 2.75) is 18.9 Å². The second-order valence-corrected chi connectivity index (χ2v) is 5.09. The third kappa shape index (κ3) is 2.94. The average molecular weight is 215 g/mol. The van der Waals surface area contributed by atoms with Gasteiger partial charge < -0.3 is 15.7 Å². The SMILES string of the molecule is CN(C)c1ncc(CC(C)(N)CO)s1. The van der Waals surface area contributed by atoms with Crippen molar-refractivity contribution in [1.29, 1.82) is 0 Å². The molecule has 0 amide bonds. The van der Waals surface area contributed by atoms with Crippen LogP contribution in [0.15, 0.2) is 6.20 Å². The van der Waals surface area contributed by atoms with Crippen LogP contribution >= 0.6 is 11.3 Å². The van der Waals surface area contributed by atoms with Gasteiger partial charge >= 0.3 is 0 Å². The minimum absolute atomic E-state index is 0.0117. The van der Waals surface area contributed by atoms with E-state index in [0.29, 0.717) is 6.42 Å². The number of aliphatic hydroxyl groups excluding tert-OH is 1. The summed E-state index contributed by atoms with van der Waals surface area (Å²) in [5.74, 6) is 0. The topological polar surface area (TPSA) is 62.4 Å². The third-order valence-electron chi connectivity index (χ3n) is 1.86. The molecule has 1 unspecified atom stereocenters. The summed E-state index contributed by atoms with van der Waals surface area (Å²) in [6.07, 6.45) is 2.48. The van der Waals surface area contributed by atoms with Gasteiger partial charge in [0.1, 0.15) is 0 Å². The van der Waals surface area contributed by atoms with E-state index < -0.39 is 5.54 Å². The molecule has 0 fully saturated rings. The Bertz CT molecular complexity index is 296. The van der Waals surface area contributed by atoms with E-state index in [-0.39, 0.29) is 6.61 Å². The van der Waals surface area contributed by atoms with Gasteiger partial charge in [-0.3, -0.25) is 0 Å². The molecular weight excluding hydrogens is 198 g/mol. The first kappa shape index (κ1) is 11.4. The Morgan fingerprint density at radius 3 is 2.71 bits per heavy atom. The first-order valence-electron chi connectivity index (χ1n) is 4.46. The minimum Gasteiger partial charge on any atom is -0.394 e. The highest BCUT2D eigenvalue weighted by molar-refractivity contribution is 7.15. The summed E-state index contributed by atoms with van der Waals surface area (Å²) in [7, 11) is 3.91. The molecule has 0 aliphatic rings. The first-order chi connectivity index (χ1) is 6.44. The molecule has 80 valence electrons. The molecule has 0 bridgehead atoms. The monoisotopic (exact) mass is 215 g/mol. The number of anilines is 1. The lowest BCUT2D eigenvalue weighted by molar-refractivity contribution is 0.209. The highest BCUT2D eigenvalue weighted by atomic mass is 32.1. The van der Waals surface area contributed by atoms with Crippen LogP contribution in [-0.4, -0.2) is 36.3 Å². The molecule has 0 radical (unpaired) electrons. The quantitative estimate of drug-likeness (QED) is 0.766. The highest BCUT2D eigenvalue weighted by Gasteiger charge is 2.19. The molecule has 5 heteroatoms. The number of nitrogens with two attached hydrogens (primary N) is 1. The molecule has 1 aromatic heterocycles. The van der Waals surface area contributed by atoms with Gasteiger partial charge in [0.2, 0.25) is 0 Å². The van der Waals surface area contributed by atoms with Crippen LogP contribution in [0.1, 0.15) is 11.8 Å². The average Bonchev–Trinajstić information content (AvgIpc) is 2.52. The molecular formula is C9H17N3OS. The van der Waals surface area contributed by atoms with Gasteiger partial charge in [0.25, 0.3) is 0 Å². The Kier molecular flexibility index (Phi) is 3.47. The van der Waals surface area contributed by atoms with E-state index in [1.807, 2.05) is 32.1 Å². The van der Waals surface area contributed by atoms with Crippen molar-refractivity contribution in [3.63, 3.8) is 0 Å². The number of aromatic nitrogens is 1. The molecule has 1 rings (SSSR count). The van der Waals surface area contributed by atoms with Crippen LogP contribution in [-0.2, 0) is 6.42 Å². The number of hydrogen-bond acceptors (Lipinski definition) is 5. The maximum Gasteiger partial charge on any atom is 0.184 e. The Balaban J connectivity index is 2.69. The van der Waals surface area contributed by atoms with Gasteiger partial charge in [0, 0.05) is 37.1 Å². The molecule has 0 aliphatic heterocycles. The van der Waals surface area contributed by atoms with Crippen molar-refractivity contribution in [3.05, 3.63) is 11.1 Å². The van der Waals surface area contributed by atoms with Crippen molar-refractivity contribution in [1.82, 2.24) is 4.98 Å². The fourth-order valence-corrected chi connectivity index (χ4v) is 2.07. The fraction of sp³-hybridized carbons (Fsp3) is 0.667. The lowest BCUT2D eigenvalue weighted by Gasteiger charge is -2.19. The zero-order valence-corrected chi connectivity index (χ0v) is 9.64. The smallest absolute Gasteiger partial charge is 0.184 e. The van der Waals surface area contributed by atoms with Crippen molar-refractivity contribution in [2.24, 2.45) is 5.73 Å². The van der Waals surface area contributed by atoms with E-state index in [1.165, 1.54) is 0 Å². The number of thiazole rings is 1. The number of rotatable bonds is 4. The van der Waals surface area contributed by atoms with E-state index >= 15 is 0 Å². The van der Waals surface area contributed by atoms with E-state index in [1.54, 1.807) is 11.3 Å². The summed E-state index contributed by atoms with van der Waals surface area (Å²) in [5, 5.41) is 9.99. The standard InChI is InChI=1S/C9H17N3OS/c1-9(10,6-13)4-7-5-11-8(14-7)12(2)3/h5,13H,4,6,10H2,1-3H3. The van der Waals surface area contributed by atoms with Gasteiger partial charge in [0.15, 0.2) is 5.13 Å². The molecule has 1 aromatic rings. The van der Waals surface area contributed by atoms with E-state index in [0.717, 1.165) is 10.0 Å². The highest BCUT2D eigenvalue weighted by Crippen LogP contribution is 2.23. The Morgan fingerprint density at radius 1 is 1.64 bits per heavy atom. The van der Waals surface area contributed by atoms with Crippen molar-refractivity contribution in [2.75, 3.05) is 25.6 Å². The van der Waals surface area contributed by atoms with Crippen molar-refractivity contribution in [3.8, 4) is 0 Å². The maximum atomic E-state index is 9.02. The Hall–Kier alpha value is -0.650. The Morgan fingerprint density at radius 2 is 2.29 bits per heavy atom. The normalized spacial score (nSPS) is 15.2. The number of aliphatic hydroxyl groups is 1. The molecule has 0 aromatic carbocycles. The predicted molar refractivity (Wildman–Crippen MR) is 59.8 cm³/mol. The summed E-state index contributed by atoms with van der Waals surface area (Å²) in [4.78, 5) is 7.31. The molecule has 1 atom stereocenters. The summed E-state index contributed by atoms with van der Waals surface area (Å²) in [5.41, 5.74) is 5.30. The van der Waals surface area contributed by atoms with E-state index in [2.05, 4.69) is 4.98 Å². The van der Waals surface area contributed by atoms with Crippen LogP contribution < -0.4 is 10.6 Å². The molecule has 3 N–H and O–H groups in total. The van der Waals surface area contributed by atoms with Crippen LogP contribution in [0.5, 0.6) is 0 Å². The summed E-state index contributed by atoms with van der Waals surface area (Å²) in [6.45, 7) is 1.82. The summed E-state index contributed by atoms with van der Waals surface area (Å²) >= 11 is 1.61. The van der Waals surface area contributed by atoms with Crippen LogP contribution in [0.2, 0.25) is 0 Å². The largest absolute Gasteiger partial charge is 0.394 e. The second-order valence-electron chi connectivity index (χ2n) is 3.99. The molecule has 0 aliphatic carbocycles. The molecule has 14 heavy (non-hydrogen) atoms. The van der Waals surface area contributed by atoms with Gasteiger partial charge in [-0.2, -0.15) is 0 Å². The summed E-state index contributed by atoms with van der Waals surface area (Å²) in [6, 6.07) is 0. The second kappa shape index (κ2) is 4.25. The first-order valence-corrected chi connectivity index (χ1v) is 5.28. The Labute approximate surface area is 88.4 Å². The lowest BCUT2D eigenvalue weighted by atomic mass is 10.0. The molecule has 0 saturated heterocycles. The van der Waals surface area contributed by atoms with Gasteiger partial charge in [-0.15, -0.1) is 11.3 Å². The molecule has 4 nitrogen and oxygen atoms in total. The molecule has 0 saturated carbocycles. The summed E-state index contributed by atoms with van der Waals surface area (Å²) < 4.78 is 0. The van der Waals surface area contributed by atoms with E-state index in [9.17, 15) is 0 Å². The predicted octanol–water partition coefficient (Wildman–Crippen LogP) is 0.461. The van der Waals surface area contributed by atoms with Gasteiger partial charge in [0.05, 0.1) is 6.61 Å². The van der Waals surface area contributed by atoms with E-state index in [4.69, 9.17) is 10.8 Å². The van der Waals surface area contributed by atoms with Gasteiger partial charge in [-0.05, 0) is 6.92 Å². The van der Waals surface area contributed by atoms with Crippen molar-refractivity contribution >= 4 is 16.5 Å². The van der Waals surface area contributed by atoms with Crippen molar-refractivity contribution < 1.29 is 5.11 Å². The third-order valence-corrected chi connectivity index (χ3v) is 3.03. The molecule has 1 heterocycles. The minimum atomic E-state index is -0.546. The van der Waals surface area contributed by atoms with Crippen LogP contribution in [0.4, 0.5) is 5.13 Å². The number of nitrogens with zero attached hydrogens (tertiary/aromatic N) is 2. The van der Waals surface area contributed by atoms with Crippen LogP contribution in [0, 0.1) is 0 Å². The number of hydrogen-bond donors (Lipinski definition) is 2. The zero-order chi connectivity index (χ0) is 10.8. The van der Waals surface area contributed by atoms with Gasteiger partial charge in [-0.1, -0.05) is 0 Å². The fourth-order valence-electron chi connectivity index (χ4n) is 1.04. The maximum absolute atomic E-state index is 9.02. The lowest BCUT2D eigenvalue weighted by Crippen LogP contribution is -2.42. The molecule has 0 spiro atoms. The zero-order valence-electron chi connectivity index (χ0n) is 8.82. The van der Waals surface area contributed by atoms with Gasteiger partial charge in [-0.25, -0.2) is 4.98 Å². The van der Waals surface area contributed by atoms with Crippen LogP contribution in [0.3, 0.4) is 0 Å². The van der Waals surface area contributed by atoms with Crippen LogP contribution in [0.25, 0.3) is 0 Å².